The Kier molecular flexibility index (Phi) is 7.15. The van der Waals surface area contributed by atoms with Gasteiger partial charge in [-0.05, 0) is 48.4 Å². The largest absolute Gasteiger partial charge is 0.435 e. The zero-order chi connectivity index (χ0) is 22.4. The summed E-state index contributed by atoms with van der Waals surface area (Å²) in [7, 11) is -3.74. The topological polar surface area (TPSA) is 123 Å². The smallest absolute Gasteiger partial charge is 0.387 e. The summed E-state index contributed by atoms with van der Waals surface area (Å²) in [5.41, 5.74) is 1.67. The van der Waals surface area contributed by atoms with Crippen LogP contribution in [-0.4, -0.2) is 32.5 Å². The van der Waals surface area contributed by atoms with Crippen LogP contribution in [0.15, 0.2) is 58.8 Å². The molecule has 1 heterocycles. The number of nitrogens with two attached hydrogens (primary N) is 1. The lowest BCUT2D eigenvalue weighted by molar-refractivity contribution is -0.0498. The van der Waals surface area contributed by atoms with Crippen molar-refractivity contribution in [2.24, 2.45) is 5.14 Å². The summed E-state index contributed by atoms with van der Waals surface area (Å²) in [5.74, 6) is -0.315. The summed E-state index contributed by atoms with van der Waals surface area (Å²) in [6.07, 6.45) is 0.499. The first-order chi connectivity index (χ1) is 14.7. The van der Waals surface area contributed by atoms with Gasteiger partial charge >= 0.3 is 6.61 Å². The van der Waals surface area contributed by atoms with Crippen LogP contribution in [0.3, 0.4) is 0 Å². The van der Waals surface area contributed by atoms with Gasteiger partial charge in [0.15, 0.2) is 5.13 Å². The van der Waals surface area contributed by atoms with Crippen molar-refractivity contribution >= 4 is 38.1 Å². The van der Waals surface area contributed by atoms with E-state index < -0.39 is 16.6 Å². The zero-order valence-corrected chi connectivity index (χ0v) is 17.6. The van der Waals surface area contributed by atoms with Gasteiger partial charge in [0.25, 0.3) is 5.91 Å². The fourth-order valence-electron chi connectivity index (χ4n) is 2.54. The summed E-state index contributed by atoms with van der Waals surface area (Å²) >= 11 is 1.22. The Morgan fingerprint density at radius 1 is 1.13 bits per heavy atom. The molecule has 1 aromatic heterocycles. The number of nitrogens with zero attached hydrogens (tertiary/aromatic N) is 1. The SMILES string of the molecule is NS(=O)(=O)c1ccc(CCNC(=O)c2csc(Nc3ccc(OC(F)F)cc3)n2)cc1. The van der Waals surface area contributed by atoms with Gasteiger partial charge in [0, 0.05) is 17.6 Å². The number of benzene rings is 2. The highest BCUT2D eigenvalue weighted by Gasteiger charge is 2.11. The molecular weight excluding hydrogens is 450 g/mol. The van der Waals surface area contributed by atoms with Gasteiger partial charge in [-0.3, -0.25) is 4.79 Å². The maximum Gasteiger partial charge on any atom is 0.387 e. The van der Waals surface area contributed by atoms with Crippen LogP contribution in [0.25, 0.3) is 0 Å². The first kappa shape index (κ1) is 22.6. The number of alkyl halides is 2. The highest BCUT2D eigenvalue weighted by molar-refractivity contribution is 7.89. The molecular formula is C19H18F2N4O4S2. The molecule has 0 radical (unpaired) electrons. The number of hydrogen-bond donors (Lipinski definition) is 3. The van der Waals surface area contributed by atoms with Crippen LogP contribution in [0.4, 0.5) is 19.6 Å². The van der Waals surface area contributed by atoms with E-state index in [9.17, 15) is 22.0 Å². The van der Waals surface area contributed by atoms with Gasteiger partial charge in [0.05, 0.1) is 4.90 Å². The van der Waals surface area contributed by atoms with Crippen molar-refractivity contribution in [2.45, 2.75) is 17.9 Å². The average Bonchev–Trinajstić information content (AvgIpc) is 3.17. The summed E-state index contributed by atoms with van der Waals surface area (Å²) in [5, 5.41) is 12.8. The van der Waals surface area contributed by atoms with Gasteiger partial charge < -0.3 is 15.4 Å². The third-order valence-electron chi connectivity index (χ3n) is 4.02. The minimum Gasteiger partial charge on any atom is -0.435 e. The zero-order valence-electron chi connectivity index (χ0n) is 15.9. The molecule has 8 nitrogen and oxygen atoms in total. The molecule has 3 rings (SSSR count). The Morgan fingerprint density at radius 2 is 1.81 bits per heavy atom. The Hall–Kier alpha value is -3.09. The van der Waals surface area contributed by atoms with Crippen LogP contribution in [-0.2, 0) is 16.4 Å². The molecule has 4 N–H and O–H groups in total. The number of aromatic nitrogens is 1. The number of anilines is 2. The number of halogens is 2. The van der Waals surface area contributed by atoms with Crippen LogP contribution in [0.2, 0.25) is 0 Å². The van der Waals surface area contributed by atoms with E-state index in [4.69, 9.17) is 5.14 Å². The maximum atomic E-state index is 12.3. The summed E-state index contributed by atoms with van der Waals surface area (Å²) < 4.78 is 51.1. The standard InChI is InChI=1S/C19H18F2N4O4S2/c20-18(21)29-14-5-3-13(4-6-14)24-19-25-16(11-30-19)17(26)23-10-9-12-1-7-15(8-2-12)31(22,27)28/h1-8,11,18H,9-10H2,(H,23,26)(H,24,25)(H2,22,27,28). The molecule has 2 aromatic carbocycles. The van der Waals surface area contributed by atoms with Crippen molar-refractivity contribution in [1.29, 1.82) is 0 Å². The first-order valence-electron chi connectivity index (χ1n) is 8.88. The number of carbonyl (C=O) groups excluding carboxylic acids is 1. The number of rotatable bonds is 9. The summed E-state index contributed by atoms with van der Waals surface area (Å²) in [6.45, 7) is -2.56. The Bertz CT molecular complexity index is 1130. The van der Waals surface area contributed by atoms with Crippen molar-refractivity contribution in [2.75, 3.05) is 11.9 Å². The van der Waals surface area contributed by atoms with Crippen molar-refractivity contribution < 1.29 is 26.7 Å². The Labute approximate surface area is 181 Å². The molecule has 12 heteroatoms. The highest BCUT2D eigenvalue weighted by Crippen LogP contribution is 2.23. The average molecular weight is 469 g/mol. The van der Waals surface area contributed by atoms with E-state index in [0.29, 0.717) is 23.8 Å². The second-order valence-corrected chi connectivity index (χ2v) is 8.68. The van der Waals surface area contributed by atoms with Gasteiger partial charge in [-0.25, -0.2) is 18.5 Å². The van der Waals surface area contributed by atoms with Gasteiger partial charge in [0.2, 0.25) is 10.0 Å². The van der Waals surface area contributed by atoms with Crippen molar-refractivity contribution in [3.8, 4) is 5.75 Å². The lowest BCUT2D eigenvalue weighted by atomic mass is 10.1. The van der Waals surface area contributed by atoms with E-state index in [0.717, 1.165) is 5.56 Å². The summed E-state index contributed by atoms with van der Waals surface area (Å²) in [4.78, 5) is 16.5. The van der Waals surface area contributed by atoms with E-state index in [1.807, 2.05) is 0 Å². The molecule has 0 aliphatic rings. The minimum atomic E-state index is -3.74. The first-order valence-corrected chi connectivity index (χ1v) is 11.3. The predicted octanol–water partition coefficient (Wildman–Crippen LogP) is 3.11. The van der Waals surface area contributed by atoms with E-state index in [2.05, 4.69) is 20.4 Å². The molecule has 0 saturated heterocycles. The number of primary sulfonamides is 1. The number of sulfonamides is 1. The number of amides is 1. The molecule has 3 aromatic rings. The molecule has 0 unspecified atom stereocenters. The van der Waals surface area contributed by atoms with Crippen LogP contribution >= 0.6 is 11.3 Å². The molecule has 0 saturated carbocycles. The van der Waals surface area contributed by atoms with Gasteiger partial charge in [0.1, 0.15) is 11.4 Å². The Morgan fingerprint density at radius 3 is 2.42 bits per heavy atom. The molecule has 0 bridgehead atoms. The molecule has 164 valence electrons. The molecule has 1 amide bonds. The second kappa shape index (κ2) is 9.81. The quantitative estimate of drug-likeness (QED) is 0.443. The molecule has 31 heavy (non-hydrogen) atoms. The van der Waals surface area contributed by atoms with E-state index >= 15 is 0 Å². The van der Waals surface area contributed by atoms with Gasteiger partial charge in [-0.2, -0.15) is 8.78 Å². The number of hydrogen-bond acceptors (Lipinski definition) is 7. The number of nitrogens with one attached hydrogen (secondary N) is 2. The van der Waals surface area contributed by atoms with Gasteiger partial charge in [-0.1, -0.05) is 12.1 Å². The molecule has 0 fully saturated rings. The van der Waals surface area contributed by atoms with Crippen LogP contribution in [0.5, 0.6) is 5.75 Å². The van der Waals surface area contributed by atoms with E-state index in [1.165, 1.54) is 35.6 Å². The lowest BCUT2D eigenvalue weighted by Gasteiger charge is -2.06. The van der Waals surface area contributed by atoms with E-state index in [-0.39, 0.29) is 22.2 Å². The van der Waals surface area contributed by atoms with Crippen molar-refractivity contribution in [3.05, 3.63) is 65.2 Å². The lowest BCUT2D eigenvalue weighted by Crippen LogP contribution is -2.26. The fraction of sp³-hybridized carbons (Fsp3) is 0.158. The Balaban J connectivity index is 1.49. The number of ether oxygens (including phenoxy) is 1. The highest BCUT2D eigenvalue weighted by atomic mass is 32.2. The predicted molar refractivity (Wildman–Crippen MR) is 112 cm³/mol. The number of carbonyl (C=O) groups is 1. The second-order valence-electron chi connectivity index (χ2n) is 6.26. The van der Waals surface area contributed by atoms with Gasteiger partial charge in [-0.15, -0.1) is 11.3 Å². The van der Waals surface area contributed by atoms with Crippen LogP contribution < -0.4 is 20.5 Å². The number of thiazole rings is 1. The molecule has 0 spiro atoms. The third kappa shape index (κ3) is 6.70. The monoisotopic (exact) mass is 468 g/mol. The van der Waals surface area contributed by atoms with Crippen LogP contribution in [0, 0.1) is 0 Å². The van der Waals surface area contributed by atoms with E-state index in [1.54, 1.807) is 29.6 Å². The third-order valence-corrected chi connectivity index (χ3v) is 5.71. The maximum absolute atomic E-state index is 12.3. The summed E-state index contributed by atoms with van der Waals surface area (Å²) in [6, 6.07) is 12.0. The molecule has 0 atom stereocenters. The minimum absolute atomic E-state index is 0.0268. The van der Waals surface area contributed by atoms with Crippen molar-refractivity contribution in [3.63, 3.8) is 0 Å². The van der Waals surface area contributed by atoms with Crippen molar-refractivity contribution in [1.82, 2.24) is 10.3 Å². The molecule has 0 aliphatic carbocycles. The van der Waals surface area contributed by atoms with Crippen LogP contribution in [0.1, 0.15) is 16.1 Å². The fourth-order valence-corrected chi connectivity index (χ4v) is 3.76. The normalized spacial score (nSPS) is 11.4. The molecule has 0 aliphatic heterocycles.